The zero-order chi connectivity index (χ0) is 14.8. The summed E-state index contributed by atoms with van der Waals surface area (Å²) in [6.07, 6.45) is 3.17. The van der Waals surface area contributed by atoms with Crippen LogP contribution in [0.15, 0.2) is 36.7 Å². The molecule has 0 fully saturated rings. The van der Waals surface area contributed by atoms with Gasteiger partial charge < -0.3 is 11.1 Å². The number of nitro groups is 1. The number of H-pyrrole nitrogens is 1. The van der Waals surface area contributed by atoms with Crippen LogP contribution in [0.2, 0.25) is 0 Å². The number of nitro benzene ring substituents is 1. The summed E-state index contributed by atoms with van der Waals surface area (Å²) in [4.78, 5) is 14.7. The van der Waals surface area contributed by atoms with Gasteiger partial charge in [0.15, 0.2) is 0 Å². The molecule has 8 nitrogen and oxygen atoms in total. The topological polar surface area (TPSA) is 123 Å². The quantitative estimate of drug-likeness (QED) is 0.497. The first-order chi connectivity index (χ1) is 10.2. The van der Waals surface area contributed by atoms with Crippen LogP contribution in [-0.2, 0) is 6.54 Å². The Labute approximate surface area is 119 Å². The van der Waals surface area contributed by atoms with Crippen LogP contribution in [0.4, 0.5) is 17.2 Å². The SMILES string of the molecule is Nc1[nH]ncc1CNc1ccc([N+](=O)[O-])c2ncccc12. The van der Waals surface area contributed by atoms with Crippen molar-refractivity contribution in [3.8, 4) is 0 Å². The number of aromatic nitrogens is 3. The van der Waals surface area contributed by atoms with E-state index in [2.05, 4.69) is 20.5 Å². The summed E-state index contributed by atoms with van der Waals surface area (Å²) < 4.78 is 0. The number of rotatable bonds is 4. The number of nitrogens with one attached hydrogen (secondary N) is 2. The molecule has 0 aliphatic rings. The number of pyridine rings is 1. The highest BCUT2D eigenvalue weighted by molar-refractivity contribution is 5.96. The Balaban J connectivity index is 1.98. The van der Waals surface area contributed by atoms with Crippen LogP contribution in [0.3, 0.4) is 0 Å². The van der Waals surface area contributed by atoms with E-state index in [4.69, 9.17) is 5.73 Å². The van der Waals surface area contributed by atoms with Crippen LogP contribution in [0.5, 0.6) is 0 Å². The van der Waals surface area contributed by atoms with E-state index in [1.165, 1.54) is 12.3 Å². The van der Waals surface area contributed by atoms with Crippen molar-refractivity contribution in [2.45, 2.75) is 6.54 Å². The molecule has 2 heterocycles. The number of hydrogen-bond donors (Lipinski definition) is 3. The molecule has 0 radical (unpaired) electrons. The lowest BCUT2D eigenvalue weighted by Crippen LogP contribution is -2.02. The first kappa shape index (κ1) is 12.9. The van der Waals surface area contributed by atoms with Crippen molar-refractivity contribution in [1.29, 1.82) is 0 Å². The van der Waals surface area contributed by atoms with Gasteiger partial charge in [-0.1, -0.05) is 0 Å². The molecule has 0 aliphatic carbocycles. The molecule has 0 unspecified atom stereocenters. The van der Waals surface area contributed by atoms with Crippen LogP contribution in [0.1, 0.15) is 5.56 Å². The smallest absolute Gasteiger partial charge is 0.295 e. The fraction of sp³-hybridized carbons (Fsp3) is 0.0769. The van der Waals surface area contributed by atoms with Gasteiger partial charge in [-0.3, -0.25) is 15.2 Å². The average molecular weight is 284 g/mol. The molecule has 0 bridgehead atoms. The van der Waals surface area contributed by atoms with Gasteiger partial charge in [0.25, 0.3) is 5.69 Å². The van der Waals surface area contributed by atoms with E-state index in [0.29, 0.717) is 23.3 Å². The minimum absolute atomic E-state index is 0.0148. The maximum Gasteiger partial charge on any atom is 0.295 e. The maximum atomic E-state index is 11.0. The van der Waals surface area contributed by atoms with Crippen LogP contribution in [0, 0.1) is 10.1 Å². The number of nitrogens with zero attached hydrogens (tertiary/aromatic N) is 3. The molecule has 0 spiro atoms. The number of nitrogens with two attached hydrogens (primary N) is 1. The maximum absolute atomic E-state index is 11.0. The summed E-state index contributed by atoms with van der Waals surface area (Å²) in [5.74, 6) is 0.492. The van der Waals surface area contributed by atoms with Gasteiger partial charge >= 0.3 is 0 Å². The van der Waals surface area contributed by atoms with Crippen molar-refractivity contribution >= 4 is 28.1 Å². The first-order valence-corrected chi connectivity index (χ1v) is 6.20. The second kappa shape index (κ2) is 5.08. The Kier molecular flexibility index (Phi) is 3.11. The van der Waals surface area contributed by atoms with Gasteiger partial charge in [0, 0.05) is 35.4 Å². The summed E-state index contributed by atoms with van der Waals surface area (Å²) in [6, 6.07) is 6.63. The van der Waals surface area contributed by atoms with E-state index in [-0.39, 0.29) is 5.69 Å². The van der Waals surface area contributed by atoms with Crippen molar-refractivity contribution < 1.29 is 4.92 Å². The Morgan fingerprint density at radius 3 is 2.95 bits per heavy atom. The highest BCUT2D eigenvalue weighted by Crippen LogP contribution is 2.30. The fourth-order valence-electron chi connectivity index (χ4n) is 2.11. The number of nitrogen functional groups attached to an aromatic ring is 1. The summed E-state index contributed by atoms with van der Waals surface area (Å²) in [7, 11) is 0. The molecule has 3 aromatic rings. The van der Waals surface area contributed by atoms with E-state index >= 15 is 0 Å². The van der Waals surface area contributed by atoms with Crippen LogP contribution < -0.4 is 11.1 Å². The van der Waals surface area contributed by atoms with Crippen molar-refractivity contribution in [3.63, 3.8) is 0 Å². The third kappa shape index (κ3) is 2.34. The minimum atomic E-state index is -0.437. The second-order valence-electron chi connectivity index (χ2n) is 4.45. The van der Waals surface area contributed by atoms with Crippen LogP contribution in [-0.4, -0.2) is 20.1 Å². The number of non-ortho nitro benzene ring substituents is 1. The van der Waals surface area contributed by atoms with Crippen molar-refractivity contribution in [2.75, 3.05) is 11.1 Å². The molecule has 0 atom stereocenters. The molecular formula is C13H12N6O2. The zero-order valence-electron chi connectivity index (χ0n) is 10.9. The molecule has 0 saturated heterocycles. The monoisotopic (exact) mass is 284 g/mol. The van der Waals surface area contributed by atoms with Gasteiger partial charge in [0.1, 0.15) is 11.3 Å². The number of fused-ring (bicyclic) bond motifs is 1. The Morgan fingerprint density at radius 1 is 1.38 bits per heavy atom. The number of hydrogen-bond acceptors (Lipinski definition) is 6. The Hall–Kier alpha value is -3.16. The van der Waals surface area contributed by atoms with Gasteiger partial charge in [0.2, 0.25) is 0 Å². The van der Waals surface area contributed by atoms with Crippen LogP contribution >= 0.6 is 0 Å². The second-order valence-corrected chi connectivity index (χ2v) is 4.45. The fourth-order valence-corrected chi connectivity index (χ4v) is 2.11. The Bertz CT molecular complexity index is 813. The van der Waals surface area contributed by atoms with Crippen molar-refractivity contribution in [3.05, 3.63) is 52.3 Å². The molecule has 0 saturated carbocycles. The molecule has 1 aromatic carbocycles. The summed E-state index contributed by atoms with van der Waals surface area (Å²) >= 11 is 0. The molecule has 8 heteroatoms. The third-order valence-electron chi connectivity index (χ3n) is 3.17. The molecule has 106 valence electrons. The van der Waals surface area contributed by atoms with Gasteiger partial charge in [-0.15, -0.1) is 0 Å². The molecule has 0 amide bonds. The summed E-state index contributed by atoms with van der Waals surface area (Å²) in [5.41, 5.74) is 7.64. The molecule has 2 aromatic heterocycles. The number of benzene rings is 1. The van der Waals surface area contributed by atoms with Gasteiger partial charge in [0.05, 0.1) is 11.1 Å². The summed E-state index contributed by atoms with van der Waals surface area (Å²) in [5, 5.41) is 21.4. The molecular weight excluding hydrogens is 272 g/mol. The van der Waals surface area contributed by atoms with Gasteiger partial charge in [-0.25, -0.2) is 4.98 Å². The molecule has 21 heavy (non-hydrogen) atoms. The first-order valence-electron chi connectivity index (χ1n) is 6.20. The largest absolute Gasteiger partial charge is 0.384 e. The highest BCUT2D eigenvalue weighted by Gasteiger charge is 2.15. The predicted octanol–water partition coefficient (Wildman–Crippen LogP) is 2.06. The average Bonchev–Trinajstić information content (AvgIpc) is 2.89. The van der Waals surface area contributed by atoms with Crippen molar-refractivity contribution in [2.24, 2.45) is 0 Å². The standard InChI is InChI=1S/C13H12N6O2/c14-13-8(7-17-18-13)6-16-10-3-4-11(19(20)21)12-9(10)2-1-5-15-12/h1-5,7,16H,6H2,(H3,14,17,18). The summed E-state index contributed by atoms with van der Waals surface area (Å²) in [6.45, 7) is 0.462. The number of aromatic amines is 1. The van der Waals surface area contributed by atoms with Gasteiger partial charge in [-0.05, 0) is 18.2 Å². The normalized spacial score (nSPS) is 10.7. The van der Waals surface area contributed by atoms with E-state index in [9.17, 15) is 10.1 Å². The lowest BCUT2D eigenvalue weighted by molar-refractivity contribution is -0.383. The minimum Gasteiger partial charge on any atom is -0.384 e. The predicted molar refractivity (Wildman–Crippen MR) is 78.7 cm³/mol. The number of anilines is 2. The van der Waals surface area contributed by atoms with E-state index in [1.807, 2.05) is 0 Å². The highest BCUT2D eigenvalue weighted by atomic mass is 16.6. The van der Waals surface area contributed by atoms with E-state index in [1.54, 1.807) is 24.4 Å². The lowest BCUT2D eigenvalue weighted by atomic mass is 10.1. The zero-order valence-corrected chi connectivity index (χ0v) is 10.9. The van der Waals surface area contributed by atoms with Crippen LogP contribution in [0.25, 0.3) is 10.9 Å². The van der Waals surface area contributed by atoms with Crippen molar-refractivity contribution in [1.82, 2.24) is 15.2 Å². The molecule has 3 rings (SSSR count). The van der Waals surface area contributed by atoms with E-state index in [0.717, 1.165) is 11.3 Å². The third-order valence-corrected chi connectivity index (χ3v) is 3.17. The Morgan fingerprint density at radius 2 is 2.24 bits per heavy atom. The molecule has 0 aliphatic heterocycles. The lowest BCUT2D eigenvalue weighted by Gasteiger charge is -2.09. The van der Waals surface area contributed by atoms with Gasteiger partial charge in [-0.2, -0.15) is 5.10 Å². The van der Waals surface area contributed by atoms with E-state index < -0.39 is 4.92 Å². The molecule has 4 N–H and O–H groups in total.